The molecule has 0 aliphatic carbocycles. The van der Waals surface area contributed by atoms with Crippen molar-refractivity contribution in [2.45, 2.75) is 39.2 Å². The Morgan fingerprint density at radius 1 is 1.19 bits per heavy atom. The van der Waals surface area contributed by atoms with E-state index in [0.29, 0.717) is 0 Å². The highest BCUT2D eigenvalue weighted by Crippen LogP contribution is 2.30. The van der Waals surface area contributed by atoms with Gasteiger partial charge in [0.2, 0.25) is 0 Å². The van der Waals surface area contributed by atoms with E-state index in [4.69, 9.17) is 9.47 Å². The van der Waals surface area contributed by atoms with Gasteiger partial charge in [-0.05, 0) is 31.0 Å². The van der Waals surface area contributed by atoms with Gasteiger partial charge in [0.25, 0.3) is 0 Å². The molecule has 1 atom stereocenters. The zero-order valence-electron chi connectivity index (χ0n) is 13.3. The highest BCUT2D eigenvalue weighted by Gasteiger charge is 2.11. The number of hydrogen-bond donors (Lipinski definition) is 0. The lowest BCUT2D eigenvalue weighted by atomic mass is 10.1. The van der Waals surface area contributed by atoms with Crippen LogP contribution < -0.4 is 9.47 Å². The molecule has 21 heavy (non-hydrogen) atoms. The maximum atomic E-state index is 6.09. The van der Waals surface area contributed by atoms with Crippen molar-refractivity contribution in [2.24, 2.45) is 0 Å². The lowest BCUT2D eigenvalue weighted by molar-refractivity contribution is 0.199. The number of ether oxygens (including phenoxy) is 2. The summed E-state index contributed by atoms with van der Waals surface area (Å²) in [7, 11) is 1.67. The van der Waals surface area contributed by atoms with Crippen LogP contribution in [0.15, 0.2) is 49.1 Å². The summed E-state index contributed by atoms with van der Waals surface area (Å²) in [5.41, 5.74) is 1.10. The fourth-order valence-corrected chi connectivity index (χ4v) is 2.05. The van der Waals surface area contributed by atoms with E-state index in [9.17, 15) is 0 Å². The zero-order chi connectivity index (χ0) is 15.5. The third kappa shape index (κ3) is 5.90. The molecule has 2 heteroatoms. The van der Waals surface area contributed by atoms with Crippen LogP contribution >= 0.6 is 0 Å². The SMILES string of the molecule is C=CCC(CC=CCC)Oc1ccc(C=CC)cc1OC. The maximum absolute atomic E-state index is 6.09. The van der Waals surface area contributed by atoms with Gasteiger partial charge in [0.15, 0.2) is 11.5 Å². The standard InChI is InChI=1S/C19H26O2/c1-5-8-9-12-17(11-7-3)21-18-14-13-16(10-6-2)15-19(18)20-4/h6-10,13-15,17H,3,5,11-12H2,1-2,4H3. The van der Waals surface area contributed by atoms with Gasteiger partial charge in [-0.2, -0.15) is 0 Å². The molecule has 0 heterocycles. The second-order valence-electron chi connectivity index (χ2n) is 4.79. The molecule has 2 nitrogen and oxygen atoms in total. The first kappa shape index (κ1) is 17.1. The van der Waals surface area contributed by atoms with Crippen molar-refractivity contribution in [3.05, 3.63) is 54.6 Å². The lowest BCUT2D eigenvalue weighted by Crippen LogP contribution is -2.15. The lowest BCUT2D eigenvalue weighted by Gasteiger charge is -2.18. The van der Waals surface area contributed by atoms with E-state index in [1.165, 1.54) is 0 Å². The van der Waals surface area contributed by atoms with E-state index >= 15 is 0 Å². The normalized spacial score (nSPS) is 12.7. The molecular weight excluding hydrogens is 260 g/mol. The van der Waals surface area contributed by atoms with Gasteiger partial charge in [-0.3, -0.25) is 0 Å². The number of rotatable bonds is 9. The summed E-state index contributed by atoms with van der Waals surface area (Å²) in [6, 6.07) is 5.99. The molecule has 1 aromatic carbocycles. The van der Waals surface area contributed by atoms with Crippen molar-refractivity contribution in [1.29, 1.82) is 0 Å². The molecule has 1 rings (SSSR count). The van der Waals surface area contributed by atoms with Crippen LogP contribution in [0.2, 0.25) is 0 Å². The number of methoxy groups -OCH3 is 1. The first-order valence-corrected chi connectivity index (χ1v) is 7.48. The molecule has 0 aliphatic heterocycles. The summed E-state index contributed by atoms with van der Waals surface area (Å²) in [6.07, 6.45) is 13.1. The number of benzene rings is 1. The molecule has 0 amide bonds. The van der Waals surface area contributed by atoms with Crippen molar-refractivity contribution in [3.63, 3.8) is 0 Å². The van der Waals surface area contributed by atoms with Gasteiger partial charge in [0.05, 0.1) is 7.11 Å². The van der Waals surface area contributed by atoms with Gasteiger partial charge in [-0.25, -0.2) is 0 Å². The topological polar surface area (TPSA) is 18.5 Å². The molecule has 0 spiro atoms. The Morgan fingerprint density at radius 3 is 2.62 bits per heavy atom. The minimum Gasteiger partial charge on any atom is -0.493 e. The Morgan fingerprint density at radius 2 is 2.00 bits per heavy atom. The van der Waals surface area contributed by atoms with E-state index in [-0.39, 0.29) is 6.10 Å². The zero-order valence-corrected chi connectivity index (χ0v) is 13.3. The quantitative estimate of drug-likeness (QED) is 0.565. The molecule has 0 N–H and O–H groups in total. The van der Waals surface area contributed by atoms with Crippen molar-refractivity contribution in [2.75, 3.05) is 7.11 Å². The molecule has 0 radical (unpaired) electrons. The molecule has 1 aromatic rings. The van der Waals surface area contributed by atoms with Crippen LogP contribution in [-0.2, 0) is 0 Å². The minimum absolute atomic E-state index is 0.0896. The average Bonchev–Trinajstić information content (AvgIpc) is 2.49. The average molecular weight is 286 g/mol. The maximum Gasteiger partial charge on any atom is 0.161 e. The van der Waals surface area contributed by atoms with Gasteiger partial charge >= 0.3 is 0 Å². The predicted molar refractivity (Wildman–Crippen MR) is 91.0 cm³/mol. The second-order valence-corrected chi connectivity index (χ2v) is 4.79. The predicted octanol–water partition coefficient (Wildman–Crippen LogP) is 5.41. The number of allylic oxidation sites excluding steroid dienone is 2. The Kier molecular flexibility index (Phi) is 8.03. The molecule has 0 aromatic heterocycles. The second kappa shape index (κ2) is 9.87. The van der Waals surface area contributed by atoms with Crippen LogP contribution in [0.1, 0.15) is 38.7 Å². The largest absolute Gasteiger partial charge is 0.493 e. The minimum atomic E-state index is 0.0896. The monoisotopic (exact) mass is 286 g/mol. The highest BCUT2D eigenvalue weighted by molar-refractivity contribution is 5.55. The van der Waals surface area contributed by atoms with Gasteiger partial charge in [0.1, 0.15) is 6.10 Å². The van der Waals surface area contributed by atoms with E-state index in [1.54, 1.807) is 7.11 Å². The fraction of sp³-hybridized carbons (Fsp3) is 0.368. The fourth-order valence-electron chi connectivity index (χ4n) is 2.05. The molecule has 0 fully saturated rings. The Labute approximate surface area is 128 Å². The molecule has 1 unspecified atom stereocenters. The van der Waals surface area contributed by atoms with Gasteiger partial charge < -0.3 is 9.47 Å². The van der Waals surface area contributed by atoms with Crippen molar-refractivity contribution in [3.8, 4) is 11.5 Å². The third-order valence-electron chi connectivity index (χ3n) is 3.07. The van der Waals surface area contributed by atoms with Crippen LogP contribution in [0, 0.1) is 0 Å². The molecule has 0 bridgehead atoms. The Balaban J connectivity index is 2.86. The van der Waals surface area contributed by atoms with Crippen molar-refractivity contribution < 1.29 is 9.47 Å². The Bertz CT molecular complexity index is 486. The summed E-state index contributed by atoms with van der Waals surface area (Å²) in [6.45, 7) is 7.93. The third-order valence-corrected chi connectivity index (χ3v) is 3.07. The van der Waals surface area contributed by atoms with E-state index in [1.807, 2.05) is 43.4 Å². The number of hydrogen-bond acceptors (Lipinski definition) is 2. The van der Waals surface area contributed by atoms with Crippen LogP contribution in [0.3, 0.4) is 0 Å². The van der Waals surface area contributed by atoms with Crippen LogP contribution in [0.4, 0.5) is 0 Å². The first-order chi connectivity index (χ1) is 10.2. The van der Waals surface area contributed by atoms with E-state index in [2.05, 4.69) is 25.7 Å². The smallest absolute Gasteiger partial charge is 0.161 e. The molecule has 0 aliphatic rings. The summed E-state index contributed by atoms with van der Waals surface area (Å²) < 4.78 is 11.5. The summed E-state index contributed by atoms with van der Waals surface area (Å²) in [5, 5.41) is 0. The first-order valence-electron chi connectivity index (χ1n) is 7.48. The van der Waals surface area contributed by atoms with Crippen molar-refractivity contribution in [1.82, 2.24) is 0 Å². The molecular formula is C19H26O2. The van der Waals surface area contributed by atoms with Crippen LogP contribution in [-0.4, -0.2) is 13.2 Å². The molecule has 114 valence electrons. The van der Waals surface area contributed by atoms with Gasteiger partial charge in [-0.15, -0.1) is 6.58 Å². The molecule has 0 saturated carbocycles. The van der Waals surface area contributed by atoms with Crippen LogP contribution in [0.25, 0.3) is 6.08 Å². The van der Waals surface area contributed by atoms with Crippen molar-refractivity contribution >= 4 is 6.08 Å². The van der Waals surface area contributed by atoms with E-state index in [0.717, 1.165) is 36.3 Å². The van der Waals surface area contributed by atoms with Crippen LogP contribution in [0.5, 0.6) is 11.5 Å². The highest BCUT2D eigenvalue weighted by atomic mass is 16.5. The summed E-state index contributed by atoms with van der Waals surface area (Å²) in [4.78, 5) is 0. The van der Waals surface area contributed by atoms with Gasteiger partial charge in [0, 0.05) is 12.8 Å². The summed E-state index contributed by atoms with van der Waals surface area (Å²) >= 11 is 0. The Hall–Kier alpha value is -1.96. The van der Waals surface area contributed by atoms with E-state index < -0.39 is 0 Å². The molecule has 0 saturated heterocycles. The van der Waals surface area contributed by atoms with Gasteiger partial charge in [-0.1, -0.05) is 43.4 Å². The summed E-state index contributed by atoms with van der Waals surface area (Å²) in [5.74, 6) is 1.54.